The fourth-order valence-electron chi connectivity index (χ4n) is 2.58. The standard InChI is InChI=1S/C14H21FN2O/c1-10-4-3-5-11(2)17(10)16-9-12-6-7-14(18)13(15)8-12/h6-8,10-11,16,18H,3-5,9H2,1-2H3. The Hall–Kier alpha value is -1.13. The second-order valence-electron chi connectivity index (χ2n) is 5.16. The van der Waals surface area contributed by atoms with Gasteiger partial charge in [-0.15, -0.1) is 0 Å². The van der Waals surface area contributed by atoms with Gasteiger partial charge in [0.15, 0.2) is 11.6 Å². The Bertz CT molecular complexity index is 401. The highest BCUT2D eigenvalue weighted by atomic mass is 19.1. The molecule has 0 aliphatic carbocycles. The Labute approximate surface area is 108 Å². The van der Waals surface area contributed by atoms with Crippen molar-refractivity contribution in [2.75, 3.05) is 0 Å². The van der Waals surface area contributed by atoms with Crippen LogP contribution >= 0.6 is 0 Å². The molecule has 1 aliphatic heterocycles. The maximum atomic E-state index is 13.2. The van der Waals surface area contributed by atoms with Crippen molar-refractivity contribution in [1.82, 2.24) is 10.4 Å². The van der Waals surface area contributed by atoms with Crippen LogP contribution in [0.4, 0.5) is 4.39 Å². The third kappa shape index (κ3) is 3.00. The second kappa shape index (κ2) is 5.67. The third-order valence-electron chi connectivity index (χ3n) is 3.67. The fraction of sp³-hybridized carbons (Fsp3) is 0.571. The van der Waals surface area contributed by atoms with E-state index in [0.29, 0.717) is 18.6 Å². The van der Waals surface area contributed by atoms with Crippen molar-refractivity contribution in [1.29, 1.82) is 0 Å². The minimum Gasteiger partial charge on any atom is -0.505 e. The number of rotatable bonds is 3. The number of phenols is 1. The van der Waals surface area contributed by atoms with E-state index < -0.39 is 5.82 Å². The van der Waals surface area contributed by atoms with Gasteiger partial charge in [-0.25, -0.2) is 9.40 Å². The van der Waals surface area contributed by atoms with Gasteiger partial charge in [0.2, 0.25) is 0 Å². The predicted molar refractivity (Wildman–Crippen MR) is 69.5 cm³/mol. The molecule has 2 unspecified atom stereocenters. The zero-order chi connectivity index (χ0) is 13.1. The van der Waals surface area contributed by atoms with E-state index in [1.165, 1.54) is 31.4 Å². The molecule has 2 atom stereocenters. The van der Waals surface area contributed by atoms with E-state index in [0.717, 1.165) is 5.56 Å². The average molecular weight is 252 g/mol. The minimum absolute atomic E-state index is 0.293. The zero-order valence-electron chi connectivity index (χ0n) is 11.0. The number of phenolic OH excluding ortho intramolecular Hbond substituents is 1. The van der Waals surface area contributed by atoms with Crippen LogP contribution in [0.15, 0.2) is 18.2 Å². The molecule has 0 saturated carbocycles. The van der Waals surface area contributed by atoms with Crippen LogP contribution in [0.25, 0.3) is 0 Å². The Balaban J connectivity index is 1.95. The van der Waals surface area contributed by atoms with E-state index in [2.05, 4.69) is 24.3 Å². The Kier molecular flexibility index (Phi) is 4.19. The SMILES string of the molecule is CC1CCCC(C)N1NCc1ccc(O)c(F)c1. The first-order valence-corrected chi connectivity index (χ1v) is 6.57. The summed E-state index contributed by atoms with van der Waals surface area (Å²) in [5.74, 6) is -0.854. The first-order valence-electron chi connectivity index (χ1n) is 6.57. The first kappa shape index (κ1) is 13.3. The highest BCUT2D eigenvalue weighted by molar-refractivity contribution is 5.27. The lowest BCUT2D eigenvalue weighted by Crippen LogP contribution is -2.51. The molecule has 0 aromatic heterocycles. The zero-order valence-corrected chi connectivity index (χ0v) is 11.0. The largest absolute Gasteiger partial charge is 0.505 e. The van der Waals surface area contributed by atoms with Gasteiger partial charge in [-0.2, -0.15) is 0 Å². The molecular weight excluding hydrogens is 231 g/mol. The number of piperidine rings is 1. The van der Waals surface area contributed by atoms with Crippen LogP contribution in [-0.4, -0.2) is 22.2 Å². The van der Waals surface area contributed by atoms with Crippen molar-refractivity contribution >= 4 is 0 Å². The van der Waals surface area contributed by atoms with Crippen LogP contribution in [0.3, 0.4) is 0 Å². The molecular formula is C14H21FN2O. The summed E-state index contributed by atoms with van der Waals surface area (Å²) in [7, 11) is 0. The Morgan fingerprint density at radius 2 is 2.00 bits per heavy atom. The monoisotopic (exact) mass is 252 g/mol. The van der Waals surface area contributed by atoms with Crippen molar-refractivity contribution < 1.29 is 9.50 Å². The second-order valence-corrected chi connectivity index (χ2v) is 5.16. The lowest BCUT2D eigenvalue weighted by atomic mass is 10.00. The molecule has 1 aromatic rings. The minimum atomic E-state index is -0.561. The van der Waals surface area contributed by atoms with Crippen molar-refractivity contribution in [3.63, 3.8) is 0 Å². The van der Waals surface area contributed by atoms with Crippen molar-refractivity contribution in [2.24, 2.45) is 0 Å². The van der Waals surface area contributed by atoms with Gasteiger partial charge in [-0.3, -0.25) is 5.43 Å². The van der Waals surface area contributed by atoms with Crippen LogP contribution in [0.1, 0.15) is 38.7 Å². The smallest absolute Gasteiger partial charge is 0.165 e. The Morgan fingerprint density at radius 3 is 2.61 bits per heavy atom. The normalized spacial score (nSPS) is 25.3. The number of aromatic hydroxyl groups is 1. The molecule has 3 nitrogen and oxygen atoms in total. The van der Waals surface area contributed by atoms with Crippen LogP contribution in [0.2, 0.25) is 0 Å². The van der Waals surface area contributed by atoms with Gasteiger partial charge in [0, 0.05) is 18.6 Å². The molecule has 18 heavy (non-hydrogen) atoms. The van der Waals surface area contributed by atoms with Gasteiger partial charge in [-0.05, 0) is 44.4 Å². The molecule has 1 saturated heterocycles. The van der Waals surface area contributed by atoms with Gasteiger partial charge >= 0.3 is 0 Å². The Morgan fingerprint density at radius 1 is 1.33 bits per heavy atom. The van der Waals surface area contributed by atoms with Crippen LogP contribution in [0.5, 0.6) is 5.75 Å². The molecule has 1 fully saturated rings. The summed E-state index contributed by atoms with van der Waals surface area (Å²) in [6, 6.07) is 5.54. The number of benzene rings is 1. The van der Waals surface area contributed by atoms with Gasteiger partial charge in [0.25, 0.3) is 0 Å². The maximum absolute atomic E-state index is 13.2. The number of nitrogens with one attached hydrogen (secondary N) is 1. The molecule has 2 rings (SSSR count). The lowest BCUT2D eigenvalue weighted by Gasteiger charge is -2.39. The lowest BCUT2D eigenvalue weighted by molar-refractivity contribution is 0.0435. The highest BCUT2D eigenvalue weighted by Gasteiger charge is 2.24. The number of hydrazine groups is 1. The van der Waals surface area contributed by atoms with E-state index in [1.54, 1.807) is 6.07 Å². The first-order chi connectivity index (χ1) is 8.58. The van der Waals surface area contributed by atoms with Crippen molar-refractivity contribution in [3.8, 4) is 5.75 Å². The maximum Gasteiger partial charge on any atom is 0.165 e. The van der Waals surface area contributed by atoms with Crippen LogP contribution < -0.4 is 5.43 Å². The predicted octanol–water partition coefficient (Wildman–Crippen LogP) is 2.80. The molecule has 0 spiro atoms. The summed E-state index contributed by atoms with van der Waals surface area (Å²) in [4.78, 5) is 0. The van der Waals surface area contributed by atoms with Gasteiger partial charge < -0.3 is 5.11 Å². The summed E-state index contributed by atoms with van der Waals surface area (Å²) in [5.41, 5.74) is 4.21. The summed E-state index contributed by atoms with van der Waals surface area (Å²) >= 11 is 0. The summed E-state index contributed by atoms with van der Waals surface area (Å²) in [6.07, 6.45) is 3.66. The number of halogens is 1. The quantitative estimate of drug-likeness (QED) is 0.868. The number of nitrogens with zero attached hydrogens (tertiary/aromatic N) is 1. The average Bonchev–Trinajstić information content (AvgIpc) is 2.33. The van der Waals surface area contributed by atoms with Gasteiger partial charge in [-0.1, -0.05) is 12.5 Å². The molecule has 1 heterocycles. The molecule has 2 N–H and O–H groups in total. The number of hydrogen-bond donors (Lipinski definition) is 2. The van der Waals surface area contributed by atoms with E-state index in [-0.39, 0.29) is 5.75 Å². The molecule has 0 radical (unpaired) electrons. The molecule has 100 valence electrons. The summed E-state index contributed by atoms with van der Waals surface area (Å²) < 4.78 is 13.2. The molecule has 4 heteroatoms. The molecule has 0 amide bonds. The van der Waals surface area contributed by atoms with Gasteiger partial charge in [0.05, 0.1) is 0 Å². The summed E-state index contributed by atoms with van der Waals surface area (Å²) in [6.45, 7) is 5.01. The van der Waals surface area contributed by atoms with Gasteiger partial charge in [0.1, 0.15) is 0 Å². The number of hydrogen-bond acceptors (Lipinski definition) is 3. The molecule has 0 bridgehead atoms. The van der Waals surface area contributed by atoms with E-state index in [4.69, 9.17) is 5.11 Å². The summed E-state index contributed by atoms with van der Waals surface area (Å²) in [5, 5.41) is 11.4. The van der Waals surface area contributed by atoms with Crippen molar-refractivity contribution in [3.05, 3.63) is 29.6 Å². The fourth-order valence-corrected chi connectivity index (χ4v) is 2.58. The highest BCUT2D eigenvalue weighted by Crippen LogP contribution is 2.21. The topological polar surface area (TPSA) is 35.5 Å². The van der Waals surface area contributed by atoms with E-state index >= 15 is 0 Å². The molecule has 1 aliphatic rings. The molecule has 1 aromatic carbocycles. The van der Waals surface area contributed by atoms with E-state index in [1.807, 2.05) is 0 Å². The van der Waals surface area contributed by atoms with Crippen LogP contribution in [-0.2, 0) is 6.54 Å². The van der Waals surface area contributed by atoms with Crippen LogP contribution in [0, 0.1) is 5.82 Å². The van der Waals surface area contributed by atoms with E-state index in [9.17, 15) is 4.39 Å². The van der Waals surface area contributed by atoms with Crippen molar-refractivity contribution in [2.45, 2.75) is 51.7 Å². The third-order valence-corrected chi connectivity index (χ3v) is 3.67.